The molecule has 0 aliphatic carbocycles. The molecular weight excluding hydrogens is 348 g/mol. The lowest BCUT2D eigenvalue weighted by Crippen LogP contribution is -2.62. The predicted octanol–water partition coefficient (Wildman–Crippen LogP) is 0.490. The zero-order chi connectivity index (χ0) is 19.0. The third kappa shape index (κ3) is 3.34. The quantitative estimate of drug-likeness (QED) is 0.748. The highest BCUT2D eigenvalue weighted by atomic mass is 16.3. The Morgan fingerprint density at radius 2 is 1.70 bits per heavy atom. The predicted molar refractivity (Wildman–Crippen MR) is 98.4 cm³/mol. The zero-order valence-electron chi connectivity index (χ0n) is 15.4. The largest absolute Gasteiger partial charge is 0.389 e. The summed E-state index contributed by atoms with van der Waals surface area (Å²) >= 11 is 0. The van der Waals surface area contributed by atoms with Gasteiger partial charge in [-0.05, 0) is 37.8 Å². The SMILES string of the molecule is O=C(c1ccc[nH]c1=O)N1CC[C@@]2(O)CCN(C(=O)N3CCCC3)C[C@H]2C1. The standard InChI is InChI=1S/C19H26N4O4/c24-16-15(4-3-7-20-16)17(25)22-10-5-19(27)6-11-23(13-14(19)12-22)18(26)21-8-1-2-9-21/h3-4,7,14,27H,1-2,5-6,8-13H2,(H,20,24)/t14-,19-/m1/s1. The number of piperidine rings is 2. The number of aromatic nitrogens is 1. The molecule has 27 heavy (non-hydrogen) atoms. The van der Waals surface area contributed by atoms with Gasteiger partial charge in [-0.1, -0.05) is 0 Å². The van der Waals surface area contributed by atoms with E-state index < -0.39 is 11.2 Å². The van der Waals surface area contributed by atoms with E-state index >= 15 is 0 Å². The maximum Gasteiger partial charge on any atom is 0.320 e. The van der Waals surface area contributed by atoms with Gasteiger partial charge in [-0.25, -0.2) is 4.79 Å². The highest BCUT2D eigenvalue weighted by molar-refractivity contribution is 5.93. The van der Waals surface area contributed by atoms with Gasteiger partial charge in [0.25, 0.3) is 11.5 Å². The number of nitrogens with zero attached hydrogens (tertiary/aromatic N) is 3. The monoisotopic (exact) mass is 374 g/mol. The van der Waals surface area contributed by atoms with E-state index in [2.05, 4.69) is 4.98 Å². The summed E-state index contributed by atoms with van der Waals surface area (Å²) in [5, 5.41) is 11.0. The van der Waals surface area contributed by atoms with Crippen LogP contribution in [0.5, 0.6) is 0 Å². The Morgan fingerprint density at radius 3 is 2.41 bits per heavy atom. The molecule has 3 saturated heterocycles. The minimum atomic E-state index is -0.846. The fourth-order valence-corrected chi connectivity index (χ4v) is 4.53. The summed E-state index contributed by atoms with van der Waals surface area (Å²) in [5.41, 5.74) is -1.14. The van der Waals surface area contributed by atoms with Gasteiger partial charge in [0.15, 0.2) is 0 Å². The number of H-pyrrole nitrogens is 1. The number of hydrogen-bond donors (Lipinski definition) is 2. The van der Waals surface area contributed by atoms with Crippen molar-refractivity contribution in [2.75, 3.05) is 39.3 Å². The van der Waals surface area contributed by atoms with Crippen LogP contribution in [0.4, 0.5) is 4.79 Å². The summed E-state index contributed by atoms with van der Waals surface area (Å²) in [4.78, 5) is 45.2. The number of urea groups is 1. The number of hydrogen-bond acceptors (Lipinski definition) is 4. The van der Waals surface area contributed by atoms with Crippen LogP contribution in [0.15, 0.2) is 23.1 Å². The summed E-state index contributed by atoms with van der Waals surface area (Å²) in [6.07, 6.45) is 4.59. The van der Waals surface area contributed by atoms with Crippen molar-refractivity contribution in [1.29, 1.82) is 0 Å². The molecule has 0 saturated carbocycles. The highest BCUT2D eigenvalue weighted by Crippen LogP contribution is 2.36. The van der Waals surface area contributed by atoms with Crippen LogP contribution < -0.4 is 5.56 Å². The second-order valence-corrected chi connectivity index (χ2v) is 7.89. The number of amides is 3. The van der Waals surface area contributed by atoms with Gasteiger partial charge in [-0.3, -0.25) is 9.59 Å². The van der Waals surface area contributed by atoms with Crippen molar-refractivity contribution in [2.24, 2.45) is 5.92 Å². The number of carbonyl (C=O) groups is 2. The van der Waals surface area contributed by atoms with Gasteiger partial charge in [0.05, 0.1) is 5.60 Å². The third-order valence-electron chi connectivity index (χ3n) is 6.25. The Bertz CT molecular complexity index is 788. The molecule has 1 aromatic rings. The number of nitrogens with one attached hydrogen (secondary N) is 1. The molecule has 0 unspecified atom stereocenters. The number of carbonyl (C=O) groups excluding carboxylic acids is 2. The fourth-order valence-electron chi connectivity index (χ4n) is 4.53. The molecule has 0 radical (unpaired) electrons. The number of rotatable bonds is 1. The molecule has 146 valence electrons. The maximum absolute atomic E-state index is 12.8. The first-order valence-electron chi connectivity index (χ1n) is 9.71. The van der Waals surface area contributed by atoms with Crippen molar-refractivity contribution in [3.63, 3.8) is 0 Å². The van der Waals surface area contributed by atoms with Crippen molar-refractivity contribution < 1.29 is 14.7 Å². The lowest BCUT2D eigenvalue weighted by molar-refractivity contribution is -0.101. The van der Waals surface area contributed by atoms with E-state index in [-0.39, 0.29) is 23.4 Å². The van der Waals surface area contributed by atoms with E-state index in [0.29, 0.717) is 39.0 Å². The maximum atomic E-state index is 12.8. The van der Waals surface area contributed by atoms with Crippen LogP contribution in [0.3, 0.4) is 0 Å². The second kappa shape index (κ2) is 6.99. The number of pyridine rings is 1. The Labute approximate surface area is 157 Å². The molecule has 3 aliphatic rings. The van der Waals surface area contributed by atoms with Crippen LogP contribution in [0.2, 0.25) is 0 Å². The van der Waals surface area contributed by atoms with Crippen LogP contribution in [-0.2, 0) is 0 Å². The minimum absolute atomic E-state index is 0.0394. The number of likely N-dealkylation sites (tertiary alicyclic amines) is 3. The summed E-state index contributed by atoms with van der Waals surface area (Å²) in [7, 11) is 0. The molecule has 0 spiro atoms. The van der Waals surface area contributed by atoms with Crippen LogP contribution in [-0.4, -0.2) is 81.6 Å². The first kappa shape index (κ1) is 18.0. The molecule has 0 aromatic carbocycles. The summed E-state index contributed by atoms with van der Waals surface area (Å²) in [6.45, 7) is 3.36. The van der Waals surface area contributed by atoms with Gasteiger partial charge < -0.3 is 24.8 Å². The molecular formula is C19H26N4O4. The molecule has 8 nitrogen and oxygen atoms in total. The van der Waals surface area contributed by atoms with E-state index in [9.17, 15) is 19.5 Å². The summed E-state index contributed by atoms with van der Waals surface area (Å²) < 4.78 is 0. The van der Waals surface area contributed by atoms with E-state index in [1.165, 1.54) is 12.3 Å². The van der Waals surface area contributed by atoms with Crippen molar-refractivity contribution in [3.8, 4) is 0 Å². The van der Waals surface area contributed by atoms with Crippen LogP contribution in [0.1, 0.15) is 36.0 Å². The van der Waals surface area contributed by atoms with Gasteiger partial charge in [-0.2, -0.15) is 0 Å². The highest BCUT2D eigenvalue weighted by Gasteiger charge is 2.47. The molecule has 3 amide bonds. The van der Waals surface area contributed by atoms with E-state index in [1.54, 1.807) is 11.0 Å². The molecule has 4 rings (SSSR count). The molecule has 3 aliphatic heterocycles. The fraction of sp³-hybridized carbons (Fsp3) is 0.632. The first-order chi connectivity index (χ1) is 13.0. The van der Waals surface area contributed by atoms with Crippen molar-refractivity contribution in [1.82, 2.24) is 19.7 Å². The number of fused-ring (bicyclic) bond motifs is 1. The Balaban J connectivity index is 1.47. The average molecular weight is 374 g/mol. The van der Waals surface area contributed by atoms with E-state index in [1.807, 2.05) is 9.80 Å². The van der Waals surface area contributed by atoms with Gasteiger partial charge in [0.2, 0.25) is 0 Å². The van der Waals surface area contributed by atoms with Gasteiger partial charge in [0, 0.05) is 51.4 Å². The number of aliphatic hydroxyl groups is 1. The molecule has 2 atom stereocenters. The Morgan fingerprint density at radius 1 is 1.04 bits per heavy atom. The van der Waals surface area contributed by atoms with Crippen molar-refractivity contribution >= 4 is 11.9 Å². The third-order valence-corrected chi connectivity index (χ3v) is 6.25. The first-order valence-corrected chi connectivity index (χ1v) is 9.71. The van der Waals surface area contributed by atoms with Crippen LogP contribution in [0.25, 0.3) is 0 Å². The number of aromatic amines is 1. The van der Waals surface area contributed by atoms with Crippen molar-refractivity contribution in [2.45, 2.75) is 31.3 Å². The molecule has 1 aromatic heterocycles. The normalized spacial score (nSPS) is 28.2. The summed E-state index contributed by atoms with van der Waals surface area (Å²) in [6, 6.07) is 3.19. The Hall–Kier alpha value is -2.35. The lowest BCUT2D eigenvalue weighted by atomic mass is 9.75. The van der Waals surface area contributed by atoms with E-state index in [0.717, 1.165) is 25.9 Å². The molecule has 2 N–H and O–H groups in total. The minimum Gasteiger partial charge on any atom is -0.389 e. The second-order valence-electron chi connectivity index (χ2n) is 7.89. The topological polar surface area (TPSA) is 97.0 Å². The molecule has 8 heteroatoms. The zero-order valence-corrected chi connectivity index (χ0v) is 15.4. The van der Waals surface area contributed by atoms with Gasteiger partial charge in [-0.15, -0.1) is 0 Å². The molecule has 0 bridgehead atoms. The smallest absolute Gasteiger partial charge is 0.320 e. The van der Waals surface area contributed by atoms with Crippen molar-refractivity contribution in [3.05, 3.63) is 34.2 Å². The molecule has 4 heterocycles. The average Bonchev–Trinajstić information content (AvgIpc) is 3.21. The molecule has 3 fully saturated rings. The summed E-state index contributed by atoms with van der Waals surface area (Å²) in [5.74, 6) is -0.514. The van der Waals surface area contributed by atoms with Gasteiger partial charge >= 0.3 is 6.03 Å². The van der Waals surface area contributed by atoms with Crippen LogP contribution >= 0.6 is 0 Å². The Kier molecular flexibility index (Phi) is 4.67. The van der Waals surface area contributed by atoms with Crippen LogP contribution in [0, 0.1) is 5.92 Å². The lowest BCUT2D eigenvalue weighted by Gasteiger charge is -2.50. The van der Waals surface area contributed by atoms with Gasteiger partial charge in [0.1, 0.15) is 5.56 Å². The van der Waals surface area contributed by atoms with E-state index in [4.69, 9.17) is 0 Å².